The second-order valence-corrected chi connectivity index (χ2v) is 7.46. The van der Waals surface area contributed by atoms with Gasteiger partial charge >= 0.3 is 0 Å². The van der Waals surface area contributed by atoms with E-state index in [2.05, 4.69) is 42.6 Å². The van der Waals surface area contributed by atoms with Crippen LogP contribution in [-0.2, 0) is 4.74 Å². The normalized spacial score (nSPS) is 12.4. The topological polar surface area (TPSA) is 108 Å². The van der Waals surface area contributed by atoms with E-state index in [1.165, 1.54) is 0 Å². The molecule has 1 unspecified atom stereocenters. The Hall–Kier alpha value is -3.92. The number of benzene rings is 1. The van der Waals surface area contributed by atoms with Gasteiger partial charge in [-0.1, -0.05) is 24.3 Å². The summed E-state index contributed by atoms with van der Waals surface area (Å²) in [5, 5.41) is 17.3. The summed E-state index contributed by atoms with van der Waals surface area (Å²) in [5.74, 6) is 0.449. The van der Waals surface area contributed by atoms with Crippen molar-refractivity contribution < 1.29 is 4.74 Å². The number of nitrogens with one attached hydrogen (secondary N) is 1. The summed E-state index contributed by atoms with van der Waals surface area (Å²) < 4.78 is 8.85. The van der Waals surface area contributed by atoms with Crippen LogP contribution in [0.4, 0.5) is 11.6 Å². The molecular weight excluding hydrogens is 406 g/mol. The van der Waals surface area contributed by atoms with E-state index in [4.69, 9.17) is 4.74 Å². The zero-order valence-electron chi connectivity index (χ0n) is 17.9. The van der Waals surface area contributed by atoms with Crippen LogP contribution in [0.3, 0.4) is 0 Å². The van der Waals surface area contributed by atoms with Gasteiger partial charge in [-0.25, -0.2) is 4.98 Å². The molecule has 10 nitrogen and oxygen atoms in total. The first-order chi connectivity index (χ1) is 15.7. The van der Waals surface area contributed by atoms with Gasteiger partial charge < -0.3 is 10.1 Å². The molecular formula is C22H23N9O. The molecule has 0 amide bonds. The highest BCUT2D eigenvalue weighted by Gasteiger charge is 2.13. The molecule has 0 fully saturated rings. The molecule has 5 rings (SSSR count). The van der Waals surface area contributed by atoms with Crippen molar-refractivity contribution in [3.8, 4) is 5.69 Å². The number of ether oxygens (including phenoxy) is 1. The third-order valence-corrected chi connectivity index (χ3v) is 5.38. The lowest BCUT2D eigenvalue weighted by molar-refractivity contribution is 0.174. The maximum absolute atomic E-state index is 5.21. The first-order valence-electron chi connectivity index (χ1n) is 10.5. The van der Waals surface area contributed by atoms with Crippen LogP contribution >= 0.6 is 0 Å². The summed E-state index contributed by atoms with van der Waals surface area (Å²) >= 11 is 0. The van der Waals surface area contributed by atoms with Crippen molar-refractivity contribution in [1.29, 1.82) is 0 Å². The van der Waals surface area contributed by atoms with Crippen molar-refractivity contribution in [3.63, 3.8) is 0 Å². The van der Waals surface area contributed by atoms with Crippen molar-refractivity contribution in [2.24, 2.45) is 0 Å². The van der Waals surface area contributed by atoms with Crippen LogP contribution in [0.15, 0.2) is 55.1 Å². The second kappa shape index (κ2) is 8.67. The Bertz CT molecular complexity index is 1360. The number of hydrogen-bond donors (Lipinski definition) is 1. The summed E-state index contributed by atoms with van der Waals surface area (Å²) in [6, 6.07) is 10.2. The number of nitrogens with zero attached hydrogens (tertiary/aromatic N) is 8. The third kappa shape index (κ3) is 3.87. The Balaban J connectivity index is 1.43. The molecule has 0 saturated carbocycles. The van der Waals surface area contributed by atoms with Crippen LogP contribution in [0.2, 0.25) is 0 Å². The summed E-state index contributed by atoms with van der Waals surface area (Å²) in [5.41, 5.74) is 3.75. The lowest BCUT2D eigenvalue weighted by Crippen LogP contribution is -2.11. The molecule has 4 aromatic heterocycles. The molecule has 0 saturated heterocycles. The fraction of sp³-hybridized carbons (Fsp3) is 0.273. The summed E-state index contributed by atoms with van der Waals surface area (Å²) in [4.78, 5) is 13.4. The number of hydrogen-bond acceptors (Lipinski definition) is 8. The SMILES string of the molecule is CCC(CCOC)n1cc(Nc2ncc3nnn(-c4ccc5cccnc5c4)c3n2)cn1. The van der Waals surface area contributed by atoms with Crippen LogP contribution < -0.4 is 5.32 Å². The Morgan fingerprint density at radius 3 is 2.94 bits per heavy atom. The van der Waals surface area contributed by atoms with E-state index in [0.29, 0.717) is 23.7 Å². The third-order valence-electron chi connectivity index (χ3n) is 5.38. The number of anilines is 2. The van der Waals surface area contributed by atoms with Gasteiger partial charge in [-0.15, -0.1) is 5.10 Å². The highest BCUT2D eigenvalue weighted by atomic mass is 16.5. The first-order valence-corrected chi connectivity index (χ1v) is 10.5. The van der Waals surface area contributed by atoms with Gasteiger partial charge in [0, 0.05) is 31.5 Å². The highest BCUT2D eigenvalue weighted by Crippen LogP contribution is 2.22. The lowest BCUT2D eigenvalue weighted by atomic mass is 10.2. The van der Waals surface area contributed by atoms with Crippen molar-refractivity contribution in [2.45, 2.75) is 25.8 Å². The van der Waals surface area contributed by atoms with Crippen LogP contribution in [0.1, 0.15) is 25.8 Å². The van der Waals surface area contributed by atoms with Gasteiger partial charge in [0.15, 0.2) is 11.2 Å². The standard InChI is InChI=1S/C22H23N9O/c1-3-17(8-10-32-2)30-14-16(12-25-30)26-22-24-13-20-21(27-22)31(29-28-20)18-7-6-15-5-4-9-23-19(15)11-18/h4-7,9,11-14,17H,3,8,10H2,1-2H3,(H,24,26,27). The first kappa shape index (κ1) is 20.0. The fourth-order valence-corrected chi connectivity index (χ4v) is 3.66. The molecule has 0 aliphatic heterocycles. The number of pyridine rings is 1. The van der Waals surface area contributed by atoms with Gasteiger partial charge in [0.25, 0.3) is 0 Å². The molecule has 1 atom stereocenters. The van der Waals surface area contributed by atoms with E-state index in [9.17, 15) is 0 Å². The fourth-order valence-electron chi connectivity index (χ4n) is 3.66. The predicted molar refractivity (Wildman–Crippen MR) is 121 cm³/mol. The van der Waals surface area contributed by atoms with E-state index in [1.807, 2.05) is 41.2 Å². The Morgan fingerprint density at radius 1 is 1.12 bits per heavy atom. The molecule has 0 aliphatic rings. The number of fused-ring (bicyclic) bond motifs is 2. The van der Waals surface area contributed by atoms with E-state index in [1.54, 1.807) is 30.4 Å². The van der Waals surface area contributed by atoms with Gasteiger partial charge in [0.05, 0.1) is 35.3 Å². The zero-order valence-corrected chi connectivity index (χ0v) is 17.9. The van der Waals surface area contributed by atoms with E-state index in [0.717, 1.165) is 35.1 Å². The summed E-state index contributed by atoms with van der Waals surface area (Å²) in [7, 11) is 1.71. The minimum atomic E-state index is 0.279. The van der Waals surface area contributed by atoms with Gasteiger partial charge in [-0.2, -0.15) is 14.8 Å². The van der Waals surface area contributed by atoms with Gasteiger partial charge in [0.2, 0.25) is 5.95 Å². The van der Waals surface area contributed by atoms with Gasteiger partial charge in [0.1, 0.15) is 0 Å². The molecule has 1 aromatic carbocycles. The smallest absolute Gasteiger partial charge is 0.229 e. The molecule has 4 heterocycles. The van der Waals surface area contributed by atoms with Crippen LogP contribution in [0, 0.1) is 0 Å². The molecule has 5 aromatic rings. The number of rotatable bonds is 8. The monoisotopic (exact) mass is 429 g/mol. The van der Waals surface area contributed by atoms with E-state index in [-0.39, 0.29) is 6.04 Å². The highest BCUT2D eigenvalue weighted by molar-refractivity contribution is 5.81. The molecule has 1 N–H and O–H groups in total. The molecule has 32 heavy (non-hydrogen) atoms. The number of aromatic nitrogens is 8. The summed E-state index contributed by atoms with van der Waals surface area (Å²) in [6.45, 7) is 2.84. The largest absolute Gasteiger partial charge is 0.385 e. The van der Waals surface area contributed by atoms with Crippen LogP contribution in [-0.4, -0.2) is 53.4 Å². The molecule has 162 valence electrons. The van der Waals surface area contributed by atoms with Crippen molar-refractivity contribution in [3.05, 3.63) is 55.1 Å². The second-order valence-electron chi connectivity index (χ2n) is 7.46. The number of methoxy groups -OCH3 is 1. The maximum atomic E-state index is 5.21. The molecule has 0 aliphatic carbocycles. The quantitative estimate of drug-likeness (QED) is 0.398. The van der Waals surface area contributed by atoms with Gasteiger partial charge in [-0.3, -0.25) is 9.67 Å². The lowest BCUT2D eigenvalue weighted by Gasteiger charge is -2.14. The minimum absolute atomic E-state index is 0.279. The minimum Gasteiger partial charge on any atom is -0.385 e. The van der Waals surface area contributed by atoms with Gasteiger partial charge in [-0.05, 0) is 31.0 Å². The van der Waals surface area contributed by atoms with Crippen LogP contribution in [0.5, 0.6) is 0 Å². The average molecular weight is 429 g/mol. The van der Waals surface area contributed by atoms with E-state index >= 15 is 0 Å². The molecule has 0 radical (unpaired) electrons. The van der Waals surface area contributed by atoms with Crippen LogP contribution in [0.25, 0.3) is 27.8 Å². The predicted octanol–water partition coefficient (Wildman–Crippen LogP) is 3.69. The molecule has 0 bridgehead atoms. The van der Waals surface area contributed by atoms with Crippen molar-refractivity contribution in [2.75, 3.05) is 19.0 Å². The van der Waals surface area contributed by atoms with Crippen molar-refractivity contribution >= 4 is 33.7 Å². The van der Waals surface area contributed by atoms with Crippen molar-refractivity contribution in [1.82, 2.24) is 39.7 Å². The molecule has 0 spiro atoms. The maximum Gasteiger partial charge on any atom is 0.229 e. The Labute approximate surface area is 184 Å². The zero-order chi connectivity index (χ0) is 21.9. The Kier molecular flexibility index (Phi) is 5.42. The molecule has 10 heteroatoms. The summed E-state index contributed by atoms with van der Waals surface area (Å²) in [6.07, 6.45) is 9.04. The average Bonchev–Trinajstić information content (AvgIpc) is 3.46. The Morgan fingerprint density at radius 2 is 2.06 bits per heavy atom. The van der Waals surface area contributed by atoms with E-state index < -0.39 is 0 Å².